The summed E-state index contributed by atoms with van der Waals surface area (Å²) in [6, 6.07) is 8.07. The van der Waals surface area contributed by atoms with Crippen LogP contribution in [0.1, 0.15) is 5.56 Å². The van der Waals surface area contributed by atoms with Crippen molar-refractivity contribution in [3.05, 3.63) is 89.6 Å². The first kappa shape index (κ1) is 12.3. The maximum Gasteiger partial charge on any atom is 0.159 e. The van der Waals surface area contributed by atoms with Crippen molar-refractivity contribution in [2.75, 3.05) is 0 Å². The number of allylic oxidation sites excluding steroid dienone is 7. The molecule has 1 unspecified atom stereocenters. The summed E-state index contributed by atoms with van der Waals surface area (Å²) in [5.41, 5.74) is 4.46. The van der Waals surface area contributed by atoms with E-state index in [0.29, 0.717) is 10.8 Å². The average molecular weight is 278 g/mol. The predicted octanol–water partition coefficient (Wildman–Crippen LogP) is 5.18. The second-order valence-electron chi connectivity index (χ2n) is 5.46. The smallest absolute Gasteiger partial charge is 0.159 e. The Morgan fingerprint density at radius 3 is 2.38 bits per heavy atom. The summed E-state index contributed by atoms with van der Waals surface area (Å²) in [4.78, 5) is 0. The Hall–Kier alpha value is -2.48. The van der Waals surface area contributed by atoms with Crippen LogP contribution in [-0.4, -0.2) is 0 Å². The van der Waals surface area contributed by atoms with Crippen LogP contribution in [0.15, 0.2) is 72.4 Å². The third-order valence-corrected chi connectivity index (χ3v) is 4.18. The average Bonchev–Trinajstić information content (AvgIpc) is 2.48. The van der Waals surface area contributed by atoms with E-state index in [9.17, 15) is 8.78 Å². The topological polar surface area (TPSA) is 0 Å². The van der Waals surface area contributed by atoms with Crippen molar-refractivity contribution in [2.45, 2.75) is 0 Å². The molecule has 2 heteroatoms. The van der Waals surface area contributed by atoms with Gasteiger partial charge in [0, 0.05) is 5.92 Å². The Morgan fingerprint density at radius 2 is 1.71 bits per heavy atom. The number of halogens is 2. The Kier molecular flexibility index (Phi) is 2.49. The van der Waals surface area contributed by atoms with Crippen LogP contribution in [0.25, 0.3) is 16.3 Å². The molecule has 0 radical (unpaired) electrons. The monoisotopic (exact) mass is 278 g/mol. The summed E-state index contributed by atoms with van der Waals surface area (Å²) in [7, 11) is 0. The van der Waals surface area contributed by atoms with Crippen LogP contribution >= 0.6 is 0 Å². The second kappa shape index (κ2) is 4.26. The van der Waals surface area contributed by atoms with Crippen LogP contribution < -0.4 is 0 Å². The molecular weight excluding hydrogens is 266 g/mol. The van der Waals surface area contributed by atoms with Crippen molar-refractivity contribution in [1.82, 2.24) is 0 Å². The lowest BCUT2D eigenvalue weighted by Gasteiger charge is -2.33. The highest BCUT2D eigenvalue weighted by atomic mass is 19.2. The standard InChI is InChI=1S/C19H12F2/c1-11(19-14-3-2-4-15(19)8-14)12-5-6-13-9-17(20)18(21)10-16(13)7-12/h2-10,19H,1H2. The van der Waals surface area contributed by atoms with Crippen molar-refractivity contribution in [3.63, 3.8) is 0 Å². The van der Waals surface area contributed by atoms with Gasteiger partial charge in [0.25, 0.3) is 0 Å². The van der Waals surface area contributed by atoms with Gasteiger partial charge in [0.2, 0.25) is 0 Å². The molecule has 0 aromatic heterocycles. The van der Waals surface area contributed by atoms with Crippen LogP contribution in [0.4, 0.5) is 8.78 Å². The van der Waals surface area contributed by atoms with Gasteiger partial charge in [0.15, 0.2) is 11.6 Å². The van der Waals surface area contributed by atoms with Crippen LogP contribution in [0.3, 0.4) is 0 Å². The number of hydrogen-bond donors (Lipinski definition) is 0. The van der Waals surface area contributed by atoms with Gasteiger partial charge < -0.3 is 0 Å². The van der Waals surface area contributed by atoms with E-state index in [4.69, 9.17) is 0 Å². The van der Waals surface area contributed by atoms with Crippen molar-refractivity contribution in [1.29, 1.82) is 0 Å². The summed E-state index contributed by atoms with van der Waals surface area (Å²) in [6.45, 7) is 4.19. The van der Waals surface area contributed by atoms with Gasteiger partial charge in [-0.15, -0.1) is 0 Å². The van der Waals surface area contributed by atoms with E-state index >= 15 is 0 Å². The minimum absolute atomic E-state index is 0.234. The summed E-state index contributed by atoms with van der Waals surface area (Å²) in [5.74, 6) is -1.40. The van der Waals surface area contributed by atoms with E-state index in [1.165, 1.54) is 23.3 Å². The molecule has 4 rings (SSSR count). The van der Waals surface area contributed by atoms with Crippen molar-refractivity contribution >= 4 is 16.3 Å². The minimum atomic E-state index is -0.820. The Labute approximate surface area is 121 Å². The molecule has 2 aliphatic rings. The minimum Gasteiger partial charge on any atom is -0.204 e. The highest BCUT2D eigenvalue weighted by Gasteiger charge is 2.29. The first-order valence-electron chi connectivity index (χ1n) is 6.81. The van der Waals surface area contributed by atoms with Gasteiger partial charge in [0.1, 0.15) is 0 Å². The van der Waals surface area contributed by atoms with Gasteiger partial charge in [-0.25, -0.2) is 8.78 Å². The molecule has 0 heterocycles. The molecule has 0 fully saturated rings. The molecule has 102 valence electrons. The number of fused-ring (bicyclic) bond motifs is 3. The van der Waals surface area contributed by atoms with Gasteiger partial charge in [0.05, 0.1) is 0 Å². The predicted molar refractivity (Wildman–Crippen MR) is 81.7 cm³/mol. The molecule has 0 saturated carbocycles. The van der Waals surface area contributed by atoms with Gasteiger partial charge in [-0.1, -0.05) is 43.0 Å². The first-order chi connectivity index (χ1) is 10.1. The Morgan fingerprint density at radius 1 is 0.952 bits per heavy atom. The molecule has 0 spiro atoms. The molecule has 1 atom stereocenters. The summed E-state index contributed by atoms with van der Waals surface area (Å²) in [6.07, 6.45) is 8.34. The second-order valence-corrected chi connectivity index (χ2v) is 5.46. The van der Waals surface area contributed by atoms with Crippen molar-refractivity contribution in [3.8, 4) is 0 Å². The highest BCUT2D eigenvalue weighted by Crippen LogP contribution is 2.45. The van der Waals surface area contributed by atoms with E-state index < -0.39 is 11.6 Å². The summed E-state index contributed by atoms with van der Waals surface area (Å²) in [5, 5.41) is 1.38. The molecule has 2 aromatic rings. The van der Waals surface area contributed by atoms with Crippen molar-refractivity contribution in [2.24, 2.45) is 5.92 Å². The van der Waals surface area contributed by atoms with Crippen LogP contribution in [0, 0.1) is 17.6 Å². The van der Waals surface area contributed by atoms with E-state index in [2.05, 4.69) is 24.8 Å². The first-order valence-corrected chi connectivity index (χ1v) is 6.81. The summed E-state index contributed by atoms with van der Waals surface area (Å²) < 4.78 is 26.6. The van der Waals surface area contributed by atoms with Gasteiger partial charge in [-0.2, -0.15) is 0 Å². The third-order valence-electron chi connectivity index (χ3n) is 4.18. The molecule has 2 bridgehead atoms. The molecule has 0 N–H and O–H groups in total. The van der Waals surface area contributed by atoms with Gasteiger partial charge >= 0.3 is 0 Å². The zero-order valence-corrected chi connectivity index (χ0v) is 11.2. The molecule has 0 amide bonds. The lowest BCUT2D eigenvalue weighted by atomic mass is 9.71. The van der Waals surface area contributed by atoms with Crippen LogP contribution in [-0.2, 0) is 0 Å². The molecule has 21 heavy (non-hydrogen) atoms. The van der Waals surface area contributed by atoms with Gasteiger partial charge in [-0.3, -0.25) is 0 Å². The van der Waals surface area contributed by atoms with E-state index in [0.717, 1.165) is 11.1 Å². The quantitative estimate of drug-likeness (QED) is 0.709. The Bertz CT molecular complexity index is 870. The van der Waals surface area contributed by atoms with Gasteiger partial charge in [-0.05, 0) is 51.3 Å². The highest BCUT2D eigenvalue weighted by molar-refractivity contribution is 5.88. The van der Waals surface area contributed by atoms with Crippen LogP contribution in [0.2, 0.25) is 0 Å². The maximum absolute atomic E-state index is 13.4. The summed E-state index contributed by atoms with van der Waals surface area (Å²) >= 11 is 0. The molecule has 0 aliphatic heterocycles. The van der Waals surface area contributed by atoms with Crippen molar-refractivity contribution < 1.29 is 8.78 Å². The molecule has 0 nitrogen and oxygen atoms in total. The number of rotatable bonds is 2. The number of benzene rings is 2. The fourth-order valence-corrected chi connectivity index (χ4v) is 3.03. The maximum atomic E-state index is 13.4. The molecular formula is C19H12F2. The van der Waals surface area contributed by atoms with E-state index in [1.54, 1.807) is 0 Å². The van der Waals surface area contributed by atoms with E-state index in [1.807, 2.05) is 24.3 Å². The molecule has 2 aliphatic carbocycles. The zero-order valence-electron chi connectivity index (χ0n) is 11.2. The molecule has 2 aromatic carbocycles. The lowest BCUT2D eigenvalue weighted by molar-refractivity contribution is 0.511. The SMILES string of the molecule is C=C(c1ccc2cc(F)c(F)cc2c1)C1c2cccc1c2. The Balaban J connectivity index is 1.76. The molecule has 0 saturated heterocycles. The van der Waals surface area contributed by atoms with Crippen LogP contribution in [0.5, 0.6) is 0 Å². The van der Waals surface area contributed by atoms with E-state index in [-0.39, 0.29) is 5.92 Å². The normalized spacial score (nSPS) is 19.0. The number of hydrogen-bond acceptors (Lipinski definition) is 0. The lowest BCUT2D eigenvalue weighted by Crippen LogP contribution is -2.18. The third kappa shape index (κ3) is 1.79. The fourth-order valence-electron chi connectivity index (χ4n) is 3.03. The zero-order chi connectivity index (χ0) is 14.6. The largest absolute Gasteiger partial charge is 0.204 e. The fraction of sp³-hybridized carbons (Fsp3) is 0.0526.